The first-order chi connectivity index (χ1) is 15.0. The topological polar surface area (TPSA) is 39.2 Å². The number of aromatic nitrogens is 1. The van der Waals surface area contributed by atoms with Crippen molar-refractivity contribution in [3.63, 3.8) is 0 Å². The number of hydrogen-bond donors (Lipinski definition) is 0. The Balaban J connectivity index is 1.35. The second-order valence-electron chi connectivity index (χ2n) is 10.9. The van der Waals surface area contributed by atoms with E-state index in [0.717, 1.165) is 43.4 Å². The van der Waals surface area contributed by atoms with Crippen LogP contribution in [0.5, 0.6) is 0 Å². The van der Waals surface area contributed by atoms with E-state index in [2.05, 4.69) is 43.1 Å². The fraction of sp³-hybridized carbons (Fsp3) is 0.643. The molecule has 1 heterocycles. The Labute approximate surface area is 187 Å². The highest BCUT2D eigenvalue weighted by Gasteiger charge is 2.57. The largest absolute Gasteiger partial charge is 0.462 e. The van der Waals surface area contributed by atoms with Crippen molar-refractivity contribution in [3.05, 3.63) is 47.8 Å². The van der Waals surface area contributed by atoms with Gasteiger partial charge in [0.15, 0.2) is 0 Å². The molecule has 0 saturated heterocycles. The molecule has 0 aromatic carbocycles. The number of carbonyl (C=O) groups excluding carboxylic acids is 1. The zero-order chi connectivity index (χ0) is 21.6. The number of nitrogens with zero attached hydrogens (tertiary/aromatic N) is 1. The third-order valence-electron chi connectivity index (χ3n) is 9.36. The summed E-state index contributed by atoms with van der Waals surface area (Å²) in [5, 5.41) is 0. The van der Waals surface area contributed by atoms with E-state index in [9.17, 15) is 4.79 Å². The monoisotopic (exact) mass is 419 g/mol. The van der Waals surface area contributed by atoms with Gasteiger partial charge in [0.1, 0.15) is 6.10 Å². The average Bonchev–Trinajstić information content (AvgIpc) is 3.12. The molecule has 0 aliphatic heterocycles. The van der Waals surface area contributed by atoms with E-state index < -0.39 is 0 Å². The zero-order valence-corrected chi connectivity index (χ0v) is 19.4. The summed E-state index contributed by atoms with van der Waals surface area (Å²) in [7, 11) is 0. The first-order valence-electron chi connectivity index (χ1n) is 12.5. The number of pyridine rings is 1. The molecule has 6 unspecified atom stereocenters. The molecule has 2 fully saturated rings. The Morgan fingerprint density at radius 3 is 2.74 bits per heavy atom. The van der Waals surface area contributed by atoms with Gasteiger partial charge >= 0.3 is 5.97 Å². The van der Waals surface area contributed by atoms with Crippen molar-refractivity contribution in [1.29, 1.82) is 0 Å². The highest BCUT2D eigenvalue weighted by atomic mass is 16.5. The number of allylic oxidation sites excluding steroid dienone is 3. The predicted molar refractivity (Wildman–Crippen MR) is 124 cm³/mol. The summed E-state index contributed by atoms with van der Waals surface area (Å²) in [4.78, 5) is 16.4. The minimum atomic E-state index is -0.0150. The normalized spacial score (nSPS) is 38.9. The molecule has 4 aliphatic carbocycles. The van der Waals surface area contributed by atoms with E-state index in [1.54, 1.807) is 5.57 Å². The molecule has 5 rings (SSSR count). The van der Waals surface area contributed by atoms with Crippen molar-refractivity contribution in [2.45, 2.75) is 84.7 Å². The summed E-state index contributed by atoms with van der Waals surface area (Å²) in [5.41, 5.74) is 5.00. The van der Waals surface area contributed by atoms with Gasteiger partial charge in [-0.2, -0.15) is 0 Å². The van der Waals surface area contributed by atoms with Crippen LogP contribution >= 0.6 is 0 Å². The molecule has 2 saturated carbocycles. The third kappa shape index (κ3) is 3.39. The second-order valence-corrected chi connectivity index (χ2v) is 10.9. The van der Waals surface area contributed by atoms with Gasteiger partial charge < -0.3 is 4.74 Å². The predicted octanol–water partition coefficient (Wildman–Crippen LogP) is 6.75. The molecule has 1 aromatic rings. The first kappa shape index (κ1) is 21.0. The number of fused-ring (bicyclic) bond motifs is 5. The molecule has 3 heteroatoms. The van der Waals surface area contributed by atoms with Crippen molar-refractivity contribution in [2.75, 3.05) is 0 Å². The van der Waals surface area contributed by atoms with Crippen LogP contribution in [0.15, 0.2) is 42.3 Å². The van der Waals surface area contributed by atoms with Gasteiger partial charge in [0.2, 0.25) is 0 Å². The van der Waals surface area contributed by atoms with E-state index in [0.29, 0.717) is 6.42 Å². The molecule has 0 N–H and O–H groups in total. The number of carbonyl (C=O) groups is 1. The fourth-order valence-electron chi connectivity index (χ4n) is 7.71. The Morgan fingerprint density at radius 2 is 1.97 bits per heavy atom. The SMILES string of the molecule is CCCC(=O)OC1CCC2(C)C(=CCC3C2CCC2(C)C(c4cccnc4)=CCC32)C1. The van der Waals surface area contributed by atoms with Gasteiger partial charge in [0, 0.05) is 25.2 Å². The second kappa shape index (κ2) is 7.90. The van der Waals surface area contributed by atoms with Crippen LogP contribution in [-0.2, 0) is 9.53 Å². The van der Waals surface area contributed by atoms with Gasteiger partial charge in [-0.05, 0) is 90.7 Å². The van der Waals surface area contributed by atoms with Gasteiger partial charge in [-0.15, -0.1) is 0 Å². The van der Waals surface area contributed by atoms with Crippen molar-refractivity contribution < 1.29 is 9.53 Å². The maximum atomic E-state index is 12.0. The lowest BCUT2D eigenvalue weighted by molar-refractivity contribution is -0.151. The number of esters is 1. The number of rotatable bonds is 4. The molecule has 1 aromatic heterocycles. The van der Waals surface area contributed by atoms with Gasteiger partial charge in [-0.1, -0.05) is 44.6 Å². The minimum Gasteiger partial charge on any atom is -0.462 e. The van der Waals surface area contributed by atoms with E-state index in [1.165, 1.54) is 36.8 Å². The fourth-order valence-corrected chi connectivity index (χ4v) is 7.71. The van der Waals surface area contributed by atoms with Crippen LogP contribution in [0.2, 0.25) is 0 Å². The smallest absolute Gasteiger partial charge is 0.306 e. The van der Waals surface area contributed by atoms with E-state index >= 15 is 0 Å². The third-order valence-corrected chi connectivity index (χ3v) is 9.36. The minimum absolute atomic E-state index is 0.0150. The van der Waals surface area contributed by atoms with Gasteiger partial charge in [0.25, 0.3) is 0 Å². The molecule has 0 amide bonds. The lowest BCUT2D eigenvalue weighted by Crippen LogP contribution is -2.50. The van der Waals surface area contributed by atoms with Crippen molar-refractivity contribution in [2.24, 2.45) is 28.6 Å². The van der Waals surface area contributed by atoms with E-state index in [-0.39, 0.29) is 22.9 Å². The van der Waals surface area contributed by atoms with Crippen LogP contribution in [0, 0.1) is 28.6 Å². The summed E-state index contributed by atoms with van der Waals surface area (Å²) in [6.45, 7) is 7.08. The molecule has 0 radical (unpaired) electrons. The summed E-state index contributed by atoms with van der Waals surface area (Å²) in [6.07, 6.45) is 18.6. The Bertz CT molecular complexity index is 903. The Hall–Kier alpha value is -1.90. The standard InChI is InChI=1S/C28H37NO2/c1-4-6-26(30)31-21-12-14-27(2)20(17-21)8-9-22-24-11-10-23(19-7-5-16-29-18-19)28(24,3)15-13-25(22)27/h5,7-8,10,16,18,21-22,24-25H,4,6,9,11-15,17H2,1-3H3. The van der Waals surface area contributed by atoms with Crippen LogP contribution in [0.25, 0.3) is 5.57 Å². The molecule has 31 heavy (non-hydrogen) atoms. The maximum Gasteiger partial charge on any atom is 0.306 e. The van der Waals surface area contributed by atoms with E-state index in [1.807, 2.05) is 19.3 Å². The highest BCUT2D eigenvalue weighted by molar-refractivity contribution is 5.72. The van der Waals surface area contributed by atoms with Crippen LogP contribution < -0.4 is 0 Å². The van der Waals surface area contributed by atoms with Crippen LogP contribution in [-0.4, -0.2) is 17.1 Å². The molecule has 166 valence electrons. The zero-order valence-electron chi connectivity index (χ0n) is 19.4. The quantitative estimate of drug-likeness (QED) is 0.400. The van der Waals surface area contributed by atoms with Gasteiger partial charge in [-0.3, -0.25) is 9.78 Å². The summed E-state index contributed by atoms with van der Waals surface area (Å²) in [5.74, 6) is 2.24. The Morgan fingerprint density at radius 1 is 1.13 bits per heavy atom. The highest BCUT2D eigenvalue weighted by Crippen LogP contribution is 2.66. The first-order valence-corrected chi connectivity index (χ1v) is 12.5. The number of ether oxygens (including phenoxy) is 1. The summed E-state index contributed by atoms with van der Waals surface area (Å²) < 4.78 is 5.82. The average molecular weight is 420 g/mol. The van der Waals surface area contributed by atoms with Gasteiger partial charge in [-0.25, -0.2) is 0 Å². The molecule has 4 aliphatic rings. The molecule has 0 spiro atoms. The number of hydrogen-bond acceptors (Lipinski definition) is 3. The van der Waals surface area contributed by atoms with Crippen molar-refractivity contribution >= 4 is 11.5 Å². The van der Waals surface area contributed by atoms with Crippen LogP contribution in [0.3, 0.4) is 0 Å². The molecular formula is C28H37NO2. The van der Waals surface area contributed by atoms with Crippen LogP contribution in [0.1, 0.15) is 84.1 Å². The lowest BCUT2D eigenvalue weighted by atomic mass is 9.47. The maximum absolute atomic E-state index is 12.0. The molecule has 0 bridgehead atoms. The van der Waals surface area contributed by atoms with Crippen molar-refractivity contribution in [3.8, 4) is 0 Å². The Kier molecular flexibility index (Phi) is 5.35. The lowest BCUT2D eigenvalue weighted by Gasteiger charge is -2.57. The molecular weight excluding hydrogens is 382 g/mol. The van der Waals surface area contributed by atoms with Crippen molar-refractivity contribution in [1.82, 2.24) is 4.98 Å². The van der Waals surface area contributed by atoms with Gasteiger partial charge in [0.05, 0.1) is 0 Å². The van der Waals surface area contributed by atoms with E-state index in [4.69, 9.17) is 4.74 Å². The molecule has 6 atom stereocenters. The molecule has 3 nitrogen and oxygen atoms in total. The summed E-state index contributed by atoms with van der Waals surface area (Å²) >= 11 is 0. The van der Waals surface area contributed by atoms with Crippen LogP contribution in [0.4, 0.5) is 0 Å². The summed E-state index contributed by atoms with van der Waals surface area (Å²) in [6, 6.07) is 4.31.